The zero-order chi connectivity index (χ0) is 90.3. The van der Waals surface area contributed by atoms with E-state index in [1.54, 1.807) is 0 Å². The van der Waals surface area contributed by atoms with Gasteiger partial charge in [0.15, 0.2) is 21.4 Å². The molecule has 0 saturated carbocycles. The van der Waals surface area contributed by atoms with Crippen molar-refractivity contribution < 1.29 is 13.7 Å². The van der Waals surface area contributed by atoms with Crippen LogP contribution in [0.2, 0.25) is 0 Å². The monoisotopic (exact) mass is 1780 g/mol. The predicted octanol–water partition coefficient (Wildman–Crippen LogP) is 31.6. The summed E-state index contributed by atoms with van der Waals surface area (Å²) in [6.45, 7) is 0. The van der Waals surface area contributed by atoms with E-state index in [1.807, 2.05) is 182 Å². The molecule has 26 rings (SSSR count). The van der Waals surface area contributed by atoms with Crippen molar-refractivity contribution in [1.29, 1.82) is 0 Å². The molecule has 0 aromatic heterocycles. The van der Waals surface area contributed by atoms with Crippen LogP contribution in [-0.4, -0.2) is 0 Å². The highest BCUT2D eigenvalue weighted by Gasteiger charge is 2.35. The standard InChI is InChI=1S/C130H83O3P3/c131-134(96-28-7-1-8-29-96,97-30-9-2-10-31-97)102-62-50-85(51-63-102)84-46-48-88(49-47-84)128-117-72-60-93-79-91(90-56-66-107-92(78-90)59-71-116-123(107)81-121-104-40-21-19-26-86(104)54-69-115(121)129(116)89-52-64-103(65-53-89)135(132,98-32-11-3-12-33-98)99-34-13-4-14-35-99)57-67-108(93)124(117)83-126-110-45-25-44-106(112(110)74-75-118(126)128)94-58-68-109-95(80-94)61-73-120-125(109)82-122-105-41-22-20-27-87(105)55-70-119(122)130(120)114-76-77-127(113-43-24-23-42-111(113)114)136(133,100-36-15-5-16-37-100)101-38-17-6-18-39-101/h1-83H. The minimum Gasteiger partial charge on any atom is -0.309 e. The molecule has 6 heteroatoms. The summed E-state index contributed by atoms with van der Waals surface area (Å²) in [7, 11) is -9.78. The van der Waals surface area contributed by atoms with Crippen molar-refractivity contribution in [1.82, 2.24) is 0 Å². The highest BCUT2D eigenvalue weighted by molar-refractivity contribution is 7.86. The van der Waals surface area contributed by atoms with E-state index in [4.69, 9.17) is 0 Å². The van der Waals surface area contributed by atoms with Crippen molar-refractivity contribution in [3.05, 3.63) is 504 Å². The summed E-state index contributed by atoms with van der Waals surface area (Å²) >= 11 is 0. The molecule has 0 aliphatic rings. The largest absolute Gasteiger partial charge is 0.309 e. The molecule has 0 aliphatic carbocycles. The molecule has 0 amide bonds. The summed E-state index contributed by atoms with van der Waals surface area (Å²) in [6, 6.07) is 179. The molecule has 26 aromatic carbocycles. The van der Waals surface area contributed by atoms with Crippen LogP contribution >= 0.6 is 21.4 Å². The van der Waals surface area contributed by atoms with Crippen molar-refractivity contribution in [2.45, 2.75) is 0 Å². The molecule has 0 bridgehead atoms. The maximum atomic E-state index is 16.4. The summed E-state index contributed by atoms with van der Waals surface area (Å²) in [4.78, 5) is 0. The van der Waals surface area contributed by atoms with Crippen LogP contribution in [0.1, 0.15) is 0 Å². The Morgan fingerprint density at radius 1 is 0.118 bits per heavy atom. The van der Waals surface area contributed by atoms with Gasteiger partial charge in [0.1, 0.15) is 0 Å². The molecule has 0 unspecified atom stereocenters. The van der Waals surface area contributed by atoms with Gasteiger partial charge in [0.05, 0.1) is 0 Å². The van der Waals surface area contributed by atoms with Gasteiger partial charge in [0.2, 0.25) is 0 Å². The molecule has 0 fully saturated rings. The van der Waals surface area contributed by atoms with Gasteiger partial charge in [0, 0.05) is 47.7 Å². The first-order valence-corrected chi connectivity index (χ1v) is 51.7. The van der Waals surface area contributed by atoms with Crippen molar-refractivity contribution in [3.63, 3.8) is 0 Å². The summed E-state index contributed by atoms with van der Waals surface area (Å²) in [6.07, 6.45) is 0. The Balaban J connectivity index is 0.611. The number of rotatable bonds is 15. The van der Waals surface area contributed by atoms with Crippen LogP contribution in [-0.2, 0) is 13.7 Å². The first-order valence-electron chi connectivity index (χ1n) is 46.5. The summed E-state index contributed by atoms with van der Waals surface area (Å²) in [5.74, 6) is 0. The third-order valence-corrected chi connectivity index (χ3v) is 38.1. The van der Waals surface area contributed by atoms with Crippen LogP contribution in [0.15, 0.2) is 504 Å². The third kappa shape index (κ3) is 12.9. The second-order valence-corrected chi connectivity index (χ2v) is 44.3. The molecule has 136 heavy (non-hydrogen) atoms. The van der Waals surface area contributed by atoms with E-state index >= 15 is 13.7 Å². The highest BCUT2D eigenvalue weighted by Crippen LogP contribution is 2.53. The molecular formula is C130H83O3P3. The maximum absolute atomic E-state index is 16.4. The van der Waals surface area contributed by atoms with Gasteiger partial charge >= 0.3 is 0 Å². The third-order valence-electron chi connectivity index (χ3n) is 28.8. The van der Waals surface area contributed by atoms with Gasteiger partial charge in [-0.2, -0.15) is 0 Å². The Kier molecular flexibility index (Phi) is 19.2. The predicted molar refractivity (Wildman–Crippen MR) is 585 cm³/mol. The lowest BCUT2D eigenvalue weighted by Crippen LogP contribution is -2.25. The van der Waals surface area contributed by atoms with Crippen LogP contribution in [0.5, 0.6) is 0 Å². The summed E-state index contributed by atoms with van der Waals surface area (Å²) < 4.78 is 47.6. The molecule has 0 saturated heterocycles. The number of fused-ring (bicyclic) bond motifs is 19. The quantitative estimate of drug-likeness (QED) is 0.0584. The molecule has 0 atom stereocenters. The van der Waals surface area contributed by atoms with Gasteiger partial charge in [-0.15, -0.1) is 0 Å². The fraction of sp³-hybridized carbons (Fsp3) is 0. The molecule has 0 aliphatic heterocycles. The van der Waals surface area contributed by atoms with Crippen molar-refractivity contribution in [3.8, 4) is 66.8 Å². The van der Waals surface area contributed by atoms with Gasteiger partial charge in [0.25, 0.3) is 0 Å². The van der Waals surface area contributed by atoms with Crippen LogP contribution < -0.4 is 47.7 Å². The summed E-state index contributed by atoms with van der Waals surface area (Å²) in [5.41, 5.74) is 13.4. The first-order chi connectivity index (χ1) is 67.1. The molecule has 3 nitrogen and oxygen atoms in total. The summed E-state index contributed by atoms with van der Waals surface area (Å²) in [5, 5.41) is 37.3. The Labute approximate surface area is 787 Å². The molecular weight excluding hydrogens is 1700 g/mol. The van der Waals surface area contributed by atoms with E-state index in [1.165, 1.54) is 86.4 Å². The lowest BCUT2D eigenvalue weighted by Gasteiger charge is -2.23. The Morgan fingerprint density at radius 3 is 0.787 bits per heavy atom. The number of benzene rings is 26. The SMILES string of the molecule is O=P(c1ccccc1)(c1ccccc1)c1ccc(-c2ccc(-c3c4ccc5cc(-c6ccc7c(ccc8c(-c9ccc(P(=O)(c%10ccccc%10)c%10ccccc%10)cc9)c9ccc%10ccccc%10c9cc87)c6)ccc5c4cc4c3ccc3c(-c5ccc6c(ccc7c(-c8ccc(P(=O)(c9ccccc9)c9ccccc9)c9ccccc89)c8ccc9ccccc9c8cc76)c5)cccc34)cc2)cc1. The molecule has 0 heterocycles. The average Bonchev–Trinajstić information content (AvgIpc) is 0.712. The van der Waals surface area contributed by atoms with E-state index in [9.17, 15) is 0 Å². The Bertz CT molecular complexity index is 9460. The van der Waals surface area contributed by atoms with E-state index in [-0.39, 0.29) is 0 Å². The lowest BCUT2D eigenvalue weighted by molar-refractivity contribution is 0.591. The lowest BCUT2D eigenvalue weighted by atomic mass is 9.85. The normalized spacial score (nSPS) is 12.2. The van der Waals surface area contributed by atoms with Crippen molar-refractivity contribution in [2.75, 3.05) is 0 Å². The van der Waals surface area contributed by atoms with Gasteiger partial charge in [-0.3, -0.25) is 0 Å². The van der Waals surface area contributed by atoms with E-state index in [2.05, 4.69) is 322 Å². The highest BCUT2D eigenvalue weighted by atomic mass is 31.2. The van der Waals surface area contributed by atoms with Gasteiger partial charge in [-0.1, -0.05) is 461 Å². The zero-order valence-electron chi connectivity index (χ0n) is 74.0. The minimum atomic E-state index is -3.37. The first kappa shape index (κ1) is 80.6. The molecule has 0 radical (unpaired) electrons. The molecule has 26 aromatic rings. The Morgan fingerprint density at radius 2 is 0.375 bits per heavy atom. The fourth-order valence-corrected chi connectivity index (χ4v) is 30.4. The van der Waals surface area contributed by atoms with E-state index in [0.717, 1.165) is 168 Å². The second kappa shape index (κ2) is 32.3. The number of hydrogen-bond acceptors (Lipinski definition) is 3. The van der Waals surface area contributed by atoms with E-state index in [0.29, 0.717) is 0 Å². The average molecular weight is 1790 g/mol. The van der Waals surface area contributed by atoms with Crippen LogP contribution in [0.3, 0.4) is 0 Å². The van der Waals surface area contributed by atoms with E-state index < -0.39 is 21.4 Å². The van der Waals surface area contributed by atoms with Gasteiger partial charge in [-0.05, 0) is 249 Å². The van der Waals surface area contributed by atoms with Gasteiger partial charge < -0.3 is 13.7 Å². The molecule has 0 spiro atoms. The fourth-order valence-electron chi connectivity index (χ4n) is 22.3. The van der Waals surface area contributed by atoms with Crippen molar-refractivity contribution in [2.24, 2.45) is 0 Å². The van der Waals surface area contributed by atoms with Gasteiger partial charge in [-0.25, -0.2) is 0 Å². The van der Waals surface area contributed by atoms with Crippen LogP contribution in [0, 0.1) is 0 Å². The van der Waals surface area contributed by atoms with Crippen LogP contribution in [0.4, 0.5) is 0 Å². The molecule has 636 valence electrons. The second-order valence-electron chi connectivity index (χ2n) is 36.1. The zero-order valence-corrected chi connectivity index (χ0v) is 76.7. The number of hydrogen-bond donors (Lipinski definition) is 0. The smallest absolute Gasteiger partial charge is 0.171 e. The van der Waals surface area contributed by atoms with Crippen molar-refractivity contribution >= 4 is 209 Å². The molecule has 0 N–H and O–H groups in total. The topological polar surface area (TPSA) is 51.2 Å². The van der Waals surface area contributed by atoms with Crippen LogP contribution in [0.25, 0.3) is 207 Å². The Hall–Kier alpha value is -16.2. The minimum absolute atomic E-state index is 0.794. The maximum Gasteiger partial charge on any atom is 0.171 e.